The SMILES string of the molecule is COC1CC(C)CC(C)/C=C(\CC=CC2CCCC2)C(=O)CC(O)C(C)C(C(C)=CC2CCC(O)CC2)OC(=O)C2CCCCN2C(=O)C(=O)C2(O)OC1C(OC)CC2C. The largest absolute Gasteiger partial charge is 0.456 e. The number of hydrogen-bond donors (Lipinski definition) is 3. The van der Waals surface area contributed by atoms with E-state index >= 15 is 0 Å². The molecule has 11 atom stereocenters. The number of nitrogens with zero attached hydrogens (tertiary/aromatic N) is 1. The van der Waals surface area contributed by atoms with E-state index in [1.54, 1.807) is 28.1 Å². The van der Waals surface area contributed by atoms with Gasteiger partial charge in [0.15, 0.2) is 5.78 Å². The lowest BCUT2D eigenvalue weighted by Crippen LogP contribution is -2.64. The summed E-state index contributed by atoms with van der Waals surface area (Å²) in [5.41, 5.74) is 1.35. The van der Waals surface area contributed by atoms with E-state index in [2.05, 4.69) is 32.1 Å². The Hall–Kier alpha value is -2.74. The summed E-state index contributed by atoms with van der Waals surface area (Å²) >= 11 is 0. The quantitative estimate of drug-likeness (QED) is 0.144. The molecule has 11 unspecified atom stereocenters. The van der Waals surface area contributed by atoms with E-state index in [1.165, 1.54) is 17.7 Å². The van der Waals surface area contributed by atoms with E-state index in [0.717, 1.165) is 31.3 Å². The maximum absolute atomic E-state index is 14.4. The number of aliphatic hydroxyl groups excluding tert-OH is 2. The Morgan fingerprint density at radius 1 is 0.867 bits per heavy atom. The summed E-state index contributed by atoms with van der Waals surface area (Å²) in [5, 5.41) is 34.1. The fourth-order valence-corrected chi connectivity index (χ4v) is 10.5. The second-order valence-electron chi connectivity index (χ2n) is 19.1. The molecule has 3 N–H and O–H groups in total. The lowest BCUT2D eigenvalue weighted by Gasteiger charge is -2.47. The number of hydrogen-bond acceptors (Lipinski definition) is 11. The van der Waals surface area contributed by atoms with Gasteiger partial charge in [-0.15, -0.1) is 0 Å². The molecule has 2 saturated heterocycles. The van der Waals surface area contributed by atoms with Crippen molar-refractivity contribution in [3.05, 3.63) is 35.5 Å². The van der Waals surface area contributed by atoms with Crippen LogP contribution in [0.1, 0.15) is 137 Å². The number of carbonyl (C=O) groups excluding carboxylic acids is 4. The number of amides is 1. The van der Waals surface area contributed by atoms with Gasteiger partial charge in [0.05, 0.1) is 24.4 Å². The Morgan fingerprint density at radius 2 is 1.52 bits per heavy atom. The topological polar surface area (TPSA) is 169 Å². The third kappa shape index (κ3) is 12.0. The van der Waals surface area contributed by atoms with E-state index in [-0.39, 0.29) is 55.4 Å². The fourth-order valence-electron chi connectivity index (χ4n) is 10.5. The number of aliphatic hydroxyl groups is 3. The van der Waals surface area contributed by atoms with Crippen LogP contribution in [0.2, 0.25) is 0 Å². The summed E-state index contributed by atoms with van der Waals surface area (Å²) in [7, 11) is 3.10. The Kier molecular flexibility index (Phi) is 17.8. The van der Waals surface area contributed by atoms with Crippen LogP contribution in [0.5, 0.6) is 0 Å². The number of rotatable bonds is 7. The summed E-state index contributed by atoms with van der Waals surface area (Å²) < 4.78 is 24.4. The van der Waals surface area contributed by atoms with Gasteiger partial charge in [0.1, 0.15) is 18.2 Å². The molecular formula is C48H75NO11. The summed E-state index contributed by atoms with van der Waals surface area (Å²) in [6.07, 6.45) is 14.6. The molecule has 2 saturated carbocycles. The van der Waals surface area contributed by atoms with Crippen LogP contribution < -0.4 is 0 Å². The predicted molar refractivity (Wildman–Crippen MR) is 227 cm³/mol. The molecule has 5 rings (SSSR count). The molecule has 60 heavy (non-hydrogen) atoms. The molecule has 3 heterocycles. The lowest BCUT2D eigenvalue weighted by atomic mass is 9.81. The molecule has 2 bridgehead atoms. The van der Waals surface area contributed by atoms with Gasteiger partial charge in [-0.2, -0.15) is 0 Å². The maximum atomic E-state index is 14.4. The second-order valence-corrected chi connectivity index (χ2v) is 19.1. The van der Waals surface area contributed by atoms with Crippen LogP contribution in [0.3, 0.4) is 0 Å². The molecule has 4 fully saturated rings. The van der Waals surface area contributed by atoms with Crippen molar-refractivity contribution in [1.82, 2.24) is 4.90 Å². The molecule has 1 amide bonds. The van der Waals surface area contributed by atoms with Crippen molar-refractivity contribution in [2.45, 2.75) is 186 Å². The molecule has 2 aliphatic carbocycles. The van der Waals surface area contributed by atoms with Gasteiger partial charge in [0.2, 0.25) is 5.79 Å². The first-order valence-electron chi connectivity index (χ1n) is 23.0. The highest BCUT2D eigenvalue weighted by molar-refractivity contribution is 6.39. The minimum Gasteiger partial charge on any atom is -0.456 e. The zero-order valence-electron chi connectivity index (χ0n) is 37.4. The number of piperidine rings is 1. The number of Topliss-reactive ketones (excluding diaryl/α,β-unsaturated/α-hetero) is 2. The van der Waals surface area contributed by atoms with E-state index in [4.69, 9.17) is 18.9 Å². The highest BCUT2D eigenvalue weighted by Gasteiger charge is 2.56. The van der Waals surface area contributed by atoms with Crippen LogP contribution >= 0.6 is 0 Å². The average Bonchev–Trinajstić information content (AvgIpc) is 3.75. The number of ketones is 2. The molecule has 12 heteroatoms. The van der Waals surface area contributed by atoms with Crippen molar-refractivity contribution >= 4 is 23.4 Å². The number of methoxy groups -OCH3 is 2. The number of allylic oxidation sites excluding steroid dienone is 5. The van der Waals surface area contributed by atoms with Crippen molar-refractivity contribution < 1.29 is 53.4 Å². The van der Waals surface area contributed by atoms with E-state index in [1.807, 2.05) is 13.0 Å². The zero-order chi connectivity index (χ0) is 43.7. The number of ether oxygens (including phenoxy) is 4. The molecule has 0 radical (unpaired) electrons. The molecule has 5 aliphatic rings. The van der Waals surface area contributed by atoms with Crippen molar-refractivity contribution in [3.8, 4) is 0 Å². The number of cyclic esters (lactones) is 1. The summed E-state index contributed by atoms with van der Waals surface area (Å²) in [6.45, 7) is 9.56. The average molecular weight is 842 g/mol. The monoisotopic (exact) mass is 842 g/mol. The van der Waals surface area contributed by atoms with E-state index in [0.29, 0.717) is 56.4 Å². The van der Waals surface area contributed by atoms with Crippen molar-refractivity contribution in [3.63, 3.8) is 0 Å². The van der Waals surface area contributed by atoms with Gasteiger partial charge in [-0.1, -0.05) is 64.8 Å². The molecule has 0 aromatic carbocycles. The summed E-state index contributed by atoms with van der Waals surface area (Å²) in [6, 6.07) is -1.12. The second kappa shape index (κ2) is 22.1. The van der Waals surface area contributed by atoms with Gasteiger partial charge >= 0.3 is 5.97 Å². The zero-order valence-corrected chi connectivity index (χ0v) is 37.4. The van der Waals surface area contributed by atoms with Crippen molar-refractivity contribution in [2.75, 3.05) is 20.8 Å². The Balaban J connectivity index is 1.53. The van der Waals surface area contributed by atoms with Crippen molar-refractivity contribution in [2.24, 2.45) is 35.5 Å². The van der Waals surface area contributed by atoms with Crippen LogP contribution in [0, 0.1) is 35.5 Å². The predicted octanol–water partition coefficient (Wildman–Crippen LogP) is 6.57. The van der Waals surface area contributed by atoms with Crippen LogP contribution in [-0.2, 0) is 38.1 Å². The first-order valence-corrected chi connectivity index (χ1v) is 23.0. The first-order chi connectivity index (χ1) is 28.6. The number of esters is 1. The third-order valence-corrected chi connectivity index (χ3v) is 14.3. The third-order valence-electron chi connectivity index (χ3n) is 14.3. The maximum Gasteiger partial charge on any atom is 0.329 e. The summed E-state index contributed by atoms with van der Waals surface area (Å²) in [5.74, 6) is -6.38. The molecule has 0 aromatic heterocycles. The minimum atomic E-state index is -2.49. The lowest BCUT2D eigenvalue weighted by molar-refractivity contribution is -0.302. The van der Waals surface area contributed by atoms with Gasteiger partial charge in [-0.25, -0.2) is 4.79 Å². The molecular weight excluding hydrogens is 767 g/mol. The Labute approximate surface area is 358 Å². The van der Waals surface area contributed by atoms with Crippen LogP contribution in [0.15, 0.2) is 35.5 Å². The van der Waals surface area contributed by atoms with E-state index in [9.17, 15) is 34.5 Å². The number of fused-ring (bicyclic) bond motifs is 3. The smallest absolute Gasteiger partial charge is 0.329 e. The molecule has 338 valence electrons. The van der Waals surface area contributed by atoms with Gasteiger partial charge in [-0.3, -0.25) is 14.4 Å². The van der Waals surface area contributed by atoms with Gasteiger partial charge in [0.25, 0.3) is 11.7 Å². The van der Waals surface area contributed by atoms with Crippen LogP contribution in [0.4, 0.5) is 0 Å². The fraction of sp³-hybridized carbons (Fsp3) is 0.792. The van der Waals surface area contributed by atoms with Gasteiger partial charge in [0, 0.05) is 39.0 Å². The highest BCUT2D eigenvalue weighted by Crippen LogP contribution is 2.39. The van der Waals surface area contributed by atoms with Crippen LogP contribution in [0.25, 0.3) is 0 Å². The van der Waals surface area contributed by atoms with Gasteiger partial charge < -0.3 is 39.2 Å². The first kappa shape index (κ1) is 48.3. The Morgan fingerprint density at radius 3 is 2.18 bits per heavy atom. The molecule has 3 aliphatic heterocycles. The molecule has 12 nitrogen and oxygen atoms in total. The van der Waals surface area contributed by atoms with Gasteiger partial charge in [-0.05, 0) is 125 Å². The normalized spacial score (nSPS) is 40.1. The summed E-state index contributed by atoms with van der Waals surface area (Å²) in [4.78, 5) is 58.4. The minimum absolute atomic E-state index is 0.0213. The van der Waals surface area contributed by atoms with Crippen molar-refractivity contribution in [1.29, 1.82) is 0 Å². The highest BCUT2D eigenvalue weighted by atomic mass is 16.7. The molecule has 0 aromatic rings. The van der Waals surface area contributed by atoms with Crippen LogP contribution in [-0.4, -0.2) is 113 Å². The Bertz CT molecular complexity index is 1560. The molecule has 0 spiro atoms. The standard InChI is InChI=1S/C48H75NO11/c1-29-23-30(2)25-41(57-6)44-42(58-7)27-32(4)48(56,60-44)45(53)46(54)49-22-11-10-17-38(49)47(55)59-43(31(3)26-35-18-20-37(50)21-19-35)33(5)39(51)28-40(52)36(24-29)16-12-15-34-13-8-9-14-34/h12,15,24,26,29-30,32-35,37-39,41-44,50-51,56H,8-11,13-14,16-23,25,27-28H2,1-7H3/b15-12?,31-26?,36-24+. The number of carbonyl (C=O) groups is 4. The van der Waals surface area contributed by atoms with E-state index < -0.39 is 71.8 Å².